The average molecular weight is 300 g/mol. The summed E-state index contributed by atoms with van der Waals surface area (Å²) in [7, 11) is 0. The molecule has 3 rings (SSSR count). The molecule has 0 spiro atoms. The third-order valence-corrected chi connectivity index (χ3v) is 3.73. The molecule has 7 heteroatoms. The summed E-state index contributed by atoms with van der Waals surface area (Å²) in [6.45, 7) is 1.02. The van der Waals surface area contributed by atoms with Gasteiger partial charge in [-0.25, -0.2) is 4.98 Å². The van der Waals surface area contributed by atoms with Crippen LogP contribution < -0.4 is 10.9 Å². The lowest BCUT2D eigenvalue weighted by atomic mass is 9.95. The van der Waals surface area contributed by atoms with E-state index >= 15 is 0 Å². The molecule has 7 nitrogen and oxygen atoms in total. The minimum absolute atomic E-state index is 0.0112. The molecule has 0 aliphatic carbocycles. The van der Waals surface area contributed by atoms with Gasteiger partial charge in [-0.1, -0.05) is 0 Å². The van der Waals surface area contributed by atoms with Crippen molar-refractivity contribution in [1.29, 1.82) is 0 Å². The summed E-state index contributed by atoms with van der Waals surface area (Å²) in [6.07, 6.45) is 6.80. The maximum atomic E-state index is 12.2. The van der Waals surface area contributed by atoms with Gasteiger partial charge < -0.3 is 15.0 Å². The van der Waals surface area contributed by atoms with Gasteiger partial charge in [0, 0.05) is 24.5 Å². The molecule has 1 amide bonds. The van der Waals surface area contributed by atoms with E-state index in [-0.39, 0.29) is 17.5 Å². The molecule has 0 saturated carbocycles. The molecule has 2 aromatic heterocycles. The highest BCUT2D eigenvalue weighted by Crippen LogP contribution is 2.19. The molecule has 2 atom stereocenters. The minimum atomic E-state index is -0.447. The molecular formula is C15H16N4O3. The fraction of sp³-hybridized carbons (Fsp3) is 0.333. The normalized spacial score (nSPS) is 20.7. The van der Waals surface area contributed by atoms with Gasteiger partial charge in [-0.15, -0.1) is 0 Å². The number of hydrogen-bond donors (Lipinski definition) is 2. The van der Waals surface area contributed by atoms with E-state index in [0.29, 0.717) is 13.2 Å². The van der Waals surface area contributed by atoms with E-state index in [4.69, 9.17) is 4.74 Å². The zero-order valence-corrected chi connectivity index (χ0v) is 11.9. The third-order valence-electron chi connectivity index (χ3n) is 3.73. The number of carbonyl (C=O) groups is 1. The molecule has 1 fully saturated rings. The van der Waals surface area contributed by atoms with Crippen LogP contribution in [0.2, 0.25) is 0 Å². The largest absolute Gasteiger partial charge is 0.379 e. The lowest BCUT2D eigenvalue weighted by Gasteiger charge is -2.18. The number of pyridine rings is 1. The number of carbonyl (C=O) groups excluding carboxylic acids is 1. The highest BCUT2D eigenvalue weighted by atomic mass is 16.5. The Labute approximate surface area is 126 Å². The van der Waals surface area contributed by atoms with E-state index in [1.54, 1.807) is 12.4 Å². The first kappa shape index (κ1) is 14.4. The number of nitrogens with one attached hydrogen (secondary N) is 2. The van der Waals surface area contributed by atoms with Gasteiger partial charge in [0.25, 0.3) is 11.5 Å². The molecule has 0 aromatic carbocycles. The summed E-state index contributed by atoms with van der Waals surface area (Å²) in [5.41, 5.74) is 0.707. The SMILES string of the molecule is O=C(N[C@H]1COC[C@H]1Cc1ccncc1)c1cnc[nH]c1=O. The van der Waals surface area contributed by atoms with Gasteiger partial charge in [0.05, 0.1) is 25.6 Å². The van der Waals surface area contributed by atoms with Gasteiger partial charge in [-0.2, -0.15) is 0 Å². The smallest absolute Gasteiger partial charge is 0.263 e. The van der Waals surface area contributed by atoms with E-state index in [1.807, 2.05) is 12.1 Å². The van der Waals surface area contributed by atoms with Crippen molar-refractivity contribution in [2.45, 2.75) is 12.5 Å². The Morgan fingerprint density at radius 2 is 2.14 bits per heavy atom. The molecule has 1 saturated heterocycles. The molecule has 1 aliphatic heterocycles. The van der Waals surface area contributed by atoms with Gasteiger partial charge >= 0.3 is 0 Å². The van der Waals surface area contributed by atoms with Gasteiger partial charge in [-0.3, -0.25) is 14.6 Å². The quantitative estimate of drug-likeness (QED) is 0.838. The summed E-state index contributed by atoms with van der Waals surface area (Å²) >= 11 is 0. The van der Waals surface area contributed by atoms with Gasteiger partial charge in [-0.05, 0) is 24.1 Å². The van der Waals surface area contributed by atoms with Crippen molar-refractivity contribution in [2.24, 2.45) is 5.92 Å². The Bertz CT molecular complexity index is 701. The Hall–Kier alpha value is -2.54. The summed E-state index contributed by atoms with van der Waals surface area (Å²) in [6, 6.07) is 3.77. The first-order valence-electron chi connectivity index (χ1n) is 7.04. The van der Waals surface area contributed by atoms with E-state index in [1.165, 1.54) is 12.5 Å². The second kappa shape index (κ2) is 6.48. The van der Waals surface area contributed by atoms with Crippen LogP contribution >= 0.6 is 0 Å². The number of nitrogens with zero attached hydrogens (tertiary/aromatic N) is 2. The minimum Gasteiger partial charge on any atom is -0.379 e. The lowest BCUT2D eigenvalue weighted by Crippen LogP contribution is -2.42. The number of aromatic amines is 1. The molecule has 0 unspecified atom stereocenters. The highest BCUT2D eigenvalue weighted by molar-refractivity contribution is 5.93. The first-order chi connectivity index (χ1) is 10.7. The van der Waals surface area contributed by atoms with Crippen molar-refractivity contribution in [2.75, 3.05) is 13.2 Å². The number of hydrogen-bond acceptors (Lipinski definition) is 5. The topological polar surface area (TPSA) is 97.0 Å². The zero-order chi connectivity index (χ0) is 15.4. The van der Waals surface area contributed by atoms with Crippen LogP contribution in [-0.2, 0) is 11.2 Å². The van der Waals surface area contributed by atoms with Crippen LogP contribution in [-0.4, -0.2) is 40.1 Å². The van der Waals surface area contributed by atoms with Crippen LogP contribution in [0.1, 0.15) is 15.9 Å². The molecule has 22 heavy (non-hydrogen) atoms. The summed E-state index contributed by atoms with van der Waals surface area (Å²) in [4.78, 5) is 34.0. The standard InChI is InChI=1S/C15H16N4O3/c20-14-12(6-17-9-18-14)15(21)19-13-8-22-7-11(13)5-10-1-3-16-4-2-10/h1-4,6,9,11,13H,5,7-8H2,(H,19,21)(H,17,18,20)/t11-,13+/m1/s1. The van der Waals surface area contributed by atoms with Crippen LogP contribution in [0.15, 0.2) is 41.8 Å². The second-order valence-corrected chi connectivity index (χ2v) is 5.23. The highest BCUT2D eigenvalue weighted by Gasteiger charge is 2.30. The summed E-state index contributed by atoms with van der Waals surface area (Å²) in [5, 5.41) is 2.87. The number of H-pyrrole nitrogens is 1. The Morgan fingerprint density at radius 3 is 2.91 bits per heavy atom. The molecule has 0 radical (unpaired) electrons. The molecule has 1 aliphatic rings. The second-order valence-electron chi connectivity index (χ2n) is 5.23. The fourth-order valence-electron chi connectivity index (χ4n) is 2.53. The number of amides is 1. The van der Waals surface area contributed by atoms with Crippen LogP contribution in [0, 0.1) is 5.92 Å². The monoisotopic (exact) mass is 300 g/mol. The molecular weight excluding hydrogens is 284 g/mol. The van der Waals surface area contributed by atoms with Crippen molar-refractivity contribution in [3.63, 3.8) is 0 Å². The van der Waals surface area contributed by atoms with Crippen molar-refractivity contribution >= 4 is 5.91 Å². The van der Waals surface area contributed by atoms with Gasteiger partial charge in [0.1, 0.15) is 5.56 Å². The number of rotatable bonds is 4. The molecule has 2 aromatic rings. The zero-order valence-electron chi connectivity index (χ0n) is 11.9. The Morgan fingerprint density at radius 1 is 1.32 bits per heavy atom. The van der Waals surface area contributed by atoms with E-state index in [2.05, 4.69) is 20.3 Å². The van der Waals surface area contributed by atoms with Crippen LogP contribution in [0.5, 0.6) is 0 Å². The lowest BCUT2D eigenvalue weighted by molar-refractivity contribution is 0.0923. The molecule has 114 valence electrons. The van der Waals surface area contributed by atoms with Crippen LogP contribution in [0.4, 0.5) is 0 Å². The van der Waals surface area contributed by atoms with Crippen molar-refractivity contribution in [3.05, 3.63) is 58.5 Å². The summed E-state index contributed by atoms with van der Waals surface area (Å²) in [5.74, 6) is -0.258. The molecule has 2 N–H and O–H groups in total. The number of aromatic nitrogens is 3. The van der Waals surface area contributed by atoms with E-state index in [9.17, 15) is 9.59 Å². The van der Waals surface area contributed by atoms with Crippen LogP contribution in [0.25, 0.3) is 0 Å². The van der Waals surface area contributed by atoms with Crippen molar-refractivity contribution < 1.29 is 9.53 Å². The predicted octanol–water partition coefficient (Wildman–Crippen LogP) is 0.152. The molecule has 0 bridgehead atoms. The predicted molar refractivity (Wildman–Crippen MR) is 78.4 cm³/mol. The van der Waals surface area contributed by atoms with Crippen molar-refractivity contribution in [3.8, 4) is 0 Å². The fourth-order valence-corrected chi connectivity index (χ4v) is 2.53. The third kappa shape index (κ3) is 3.20. The average Bonchev–Trinajstić information content (AvgIpc) is 2.95. The summed E-state index contributed by atoms with van der Waals surface area (Å²) < 4.78 is 5.48. The Balaban J connectivity index is 1.68. The van der Waals surface area contributed by atoms with E-state index in [0.717, 1.165) is 12.0 Å². The van der Waals surface area contributed by atoms with Crippen molar-refractivity contribution in [1.82, 2.24) is 20.3 Å². The molecule has 3 heterocycles. The van der Waals surface area contributed by atoms with Crippen LogP contribution in [0.3, 0.4) is 0 Å². The van der Waals surface area contributed by atoms with Gasteiger partial charge in [0.2, 0.25) is 0 Å². The number of ether oxygens (including phenoxy) is 1. The first-order valence-corrected chi connectivity index (χ1v) is 7.04. The maximum absolute atomic E-state index is 12.2. The van der Waals surface area contributed by atoms with Gasteiger partial charge in [0.15, 0.2) is 0 Å². The maximum Gasteiger partial charge on any atom is 0.263 e. The van der Waals surface area contributed by atoms with E-state index < -0.39 is 11.5 Å². The Kier molecular flexibility index (Phi) is 4.24.